The fourth-order valence-electron chi connectivity index (χ4n) is 12.2. The molecular formula is C66H122N2O21. The van der Waals surface area contributed by atoms with Gasteiger partial charge in [-0.25, -0.2) is 4.79 Å². The average molecular weight is 1280 g/mol. The average Bonchev–Trinajstić information content (AvgIpc) is 0.884. The van der Waals surface area contributed by atoms with E-state index in [2.05, 4.69) is 24.5 Å². The quantitative estimate of drug-likeness (QED) is 0.0249. The first-order chi connectivity index (χ1) is 42.9. The molecule has 522 valence electrons. The van der Waals surface area contributed by atoms with Crippen molar-refractivity contribution in [3.8, 4) is 0 Å². The number of allylic oxidation sites excluding steroid dienone is 1. The number of ether oxygens (including phenoxy) is 6. The number of aliphatic carboxylic acids is 1. The molecule has 3 aliphatic heterocycles. The van der Waals surface area contributed by atoms with Crippen molar-refractivity contribution >= 4 is 17.8 Å². The van der Waals surface area contributed by atoms with Gasteiger partial charge in [-0.05, 0) is 19.3 Å². The summed E-state index contributed by atoms with van der Waals surface area (Å²) in [6.07, 6.45) is 15.8. The van der Waals surface area contributed by atoms with Crippen molar-refractivity contribution in [1.29, 1.82) is 0 Å². The number of carboxylic acids is 1. The van der Waals surface area contributed by atoms with Crippen molar-refractivity contribution in [3.05, 3.63) is 12.2 Å². The molecule has 0 aromatic rings. The lowest BCUT2D eigenvalue weighted by Crippen LogP contribution is -2.70. The zero-order chi connectivity index (χ0) is 65.4. The summed E-state index contributed by atoms with van der Waals surface area (Å²) < 4.78 is 34.7. The molecule has 0 saturated carbocycles. The molecule has 3 rings (SSSR count). The molecule has 18 unspecified atom stereocenters. The summed E-state index contributed by atoms with van der Waals surface area (Å²) in [6.45, 7) is 2.11. The van der Waals surface area contributed by atoms with E-state index in [1.807, 2.05) is 6.08 Å². The van der Waals surface area contributed by atoms with Crippen molar-refractivity contribution < 1.29 is 104 Å². The van der Waals surface area contributed by atoms with Gasteiger partial charge in [-0.15, -0.1) is 0 Å². The van der Waals surface area contributed by atoms with Crippen LogP contribution in [0.4, 0.5) is 0 Å². The standard InChI is InChI=1S/C66H122N2O21/c1-4-6-8-10-12-14-16-17-18-19-20-21-22-23-24-25-26-27-28-29-30-32-34-36-38-40-53(76)68-47(48(73)39-37-35-33-31-15-13-11-9-7-5-2)45-84-63-58(80)57(79)60(52(44-71)86-63)87-64-59(81)62(56(78)51(43-70)85-64)89-66(65(82)83)41-49(74)54(67-46(3)72)61(88-66)55(77)50(75)42-69/h37,39,47-52,54-64,69-71,73-75,77-81H,4-36,38,40-45H2,1-3H3,(H,67,72)(H,68,76)(H,82,83)/b39-37+. The van der Waals surface area contributed by atoms with Crippen LogP contribution in [0, 0.1) is 0 Å². The van der Waals surface area contributed by atoms with Crippen LogP contribution >= 0.6 is 0 Å². The van der Waals surface area contributed by atoms with Gasteiger partial charge in [0.2, 0.25) is 11.8 Å². The molecule has 23 heteroatoms. The van der Waals surface area contributed by atoms with Gasteiger partial charge in [0.15, 0.2) is 12.6 Å². The second-order valence-corrected chi connectivity index (χ2v) is 25.4. The number of carboxylic acid groups (broad SMARTS) is 1. The van der Waals surface area contributed by atoms with Crippen LogP contribution in [0.15, 0.2) is 12.2 Å². The summed E-state index contributed by atoms with van der Waals surface area (Å²) >= 11 is 0. The van der Waals surface area contributed by atoms with Gasteiger partial charge in [0, 0.05) is 19.8 Å². The number of aliphatic hydroxyl groups is 11. The smallest absolute Gasteiger partial charge is 0.364 e. The topological polar surface area (TPSA) is 373 Å². The number of carbonyl (C=O) groups is 3. The van der Waals surface area contributed by atoms with Crippen LogP contribution in [0.3, 0.4) is 0 Å². The Morgan fingerprint density at radius 3 is 1.49 bits per heavy atom. The van der Waals surface area contributed by atoms with Crippen LogP contribution in [0.1, 0.15) is 252 Å². The van der Waals surface area contributed by atoms with Crippen molar-refractivity contribution in [2.45, 2.75) is 362 Å². The van der Waals surface area contributed by atoms with Gasteiger partial charge in [0.25, 0.3) is 5.79 Å². The van der Waals surface area contributed by atoms with E-state index in [9.17, 15) is 75.7 Å². The Morgan fingerprint density at radius 1 is 0.584 bits per heavy atom. The lowest BCUT2D eigenvalue weighted by atomic mass is 9.88. The van der Waals surface area contributed by atoms with Crippen LogP contribution in [0.2, 0.25) is 0 Å². The maximum atomic E-state index is 13.4. The van der Waals surface area contributed by atoms with E-state index >= 15 is 0 Å². The van der Waals surface area contributed by atoms with Crippen LogP contribution in [0.25, 0.3) is 0 Å². The zero-order valence-corrected chi connectivity index (χ0v) is 54.3. The Bertz CT molecular complexity index is 1860. The molecule has 0 bridgehead atoms. The summed E-state index contributed by atoms with van der Waals surface area (Å²) in [7, 11) is 0. The van der Waals surface area contributed by atoms with Crippen molar-refractivity contribution in [2.24, 2.45) is 0 Å². The lowest BCUT2D eigenvalue weighted by molar-refractivity contribution is -0.386. The molecule has 0 aromatic carbocycles. The van der Waals surface area contributed by atoms with Gasteiger partial charge in [-0.2, -0.15) is 0 Å². The third-order valence-corrected chi connectivity index (χ3v) is 17.7. The maximum Gasteiger partial charge on any atom is 0.364 e. The lowest BCUT2D eigenvalue weighted by Gasteiger charge is -2.50. The number of hydrogen-bond acceptors (Lipinski definition) is 20. The monoisotopic (exact) mass is 1280 g/mol. The predicted octanol–water partition coefficient (Wildman–Crippen LogP) is 5.90. The molecule has 0 spiro atoms. The third-order valence-electron chi connectivity index (χ3n) is 17.7. The van der Waals surface area contributed by atoms with Gasteiger partial charge in [0.05, 0.1) is 50.7 Å². The molecule has 3 aliphatic rings. The molecule has 0 aliphatic carbocycles. The predicted molar refractivity (Wildman–Crippen MR) is 334 cm³/mol. The van der Waals surface area contributed by atoms with E-state index in [1.165, 1.54) is 161 Å². The van der Waals surface area contributed by atoms with Crippen LogP contribution < -0.4 is 10.6 Å². The zero-order valence-electron chi connectivity index (χ0n) is 54.3. The molecule has 18 atom stereocenters. The Kier molecular flexibility index (Phi) is 43.0. The molecular weight excluding hydrogens is 1160 g/mol. The molecule has 3 heterocycles. The van der Waals surface area contributed by atoms with Crippen molar-refractivity contribution in [1.82, 2.24) is 10.6 Å². The number of carbonyl (C=O) groups excluding carboxylic acids is 2. The summed E-state index contributed by atoms with van der Waals surface area (Å²) in [5.41, 5.74) is 0. The second-order valence-electron chi connectivity index (χ2n) is 25.4. The summed E-state index contributed by atoms with van der Waals surface area (Å²) in [5, 5.41) is 136. The molecule has 3 saturated heterocycles. The fourth-order valence-corrected chi connectivity index (χ4v) is 12.2. The number of nitrogens with one attached hydrogen (secondary N) is 2. The summed E-state index contributed by atoms with van der Waals surface area (Å²) in [6, 6.07) is -2.61. The number of rotatable bonds is 52. The molecule has 0 aromatic heterocycles. The van der Waals surface area contributed by atoms with Gasteiger partial charge in [-0.3, -0.25) is 9.59 Å². The molecule has 89 heavy (non-hydrogen) atoms. The maximum absolute atomic E-state index is 13.4. The number of amides is 2. The minimum atomic E-state index is -3.08. The van der Waals surface area contributed by atoms with Gasteiger partial charge >= 0.3 is 5.97 Å². The van der Waals surface area contributed by atoms with E-state index in [4.69, 9.17) is 28.4 Å². The van der Waals surface area contributed by atoms with Crippen LogP contribution in [-0.2, 0) is 42.8 Å². The van der Waals surface area contributed by atoms with Crippen LogP contribution in [-0.4, -0.2) is 215 Å². The minimum absolute atomic E-state index is 0.205. The first kappa shape index (κ1) is 80.7. The molecule has 14 N–H and O–H groups in total. The third kappa shape index (κ3) is 30.2. The Morgan fingerprint density at radius 2 is 1.04 bits per heavy atom. The summed E-state index contributed by atoms with van der Waals surface area (Å²) in [4.78, 5) is 38.5. The van der Waals surface area contributed by atoms with E-state index < -0.39 is 155 Å². The minimum Gasteiger partial charge on any atom is -0.477 e. The first-order valence-electron chi connectivity index (χ1n) is 34.6. The molecule has 3 fully saturated rings. The highest BCUT2D eigenvalue weighted by molar-refractivity contribution is 5.77. The first-order valence-corrected chi connectivity index (χ1v) is 34.6. The van der Waals surface area contributed by atoms with Crippen LogP contribution in [0.5, 0.6) is 0 Å². The molecule has 2 amide bonds. The highest BCUT2D eigenvalue weighted by Crippen LogP contribution is 2.39. The normalized spacial score (nSPS) is 28.8. The SMILES string of the molecule is CCCCCCCCCC/C=C/C(O)C(COC1OC(CO)C(OC2OC(CO)C(O)C(OC3(C(=O)O)CC(O)C(NC(C)=O)C(C(O)C(O)CO)O3)C2O)C(O)C1O)NC(=O)CCCCCCCCCCCCCCCCCCCCCCCCCCC. The van der Waals surface area contributed by atoms with E-state index in [1.54, 1.807) is 6.08 Å². The van der Waals surface area contributed by atoms with Gasteiger partial charge < -0.3 is 100 Å². The van der Waals surface area contributed by atoms with E-state index in [0.29, 0.717) is 12.8 Å². The number of hydrogen-bond donors (Lipinski definition) is 14. The highest BCUT2D eigenvalue weighted by atomic mass is 16.8. The Labute approximate surface area is 531 Å². The van der Waals surface area contributed by atoms with E-state index in [-0.39, 0.29) is 12.3 Å². The number of aliphatic hydroxyl groups excluding tert-OH is 11. The van der Waals surface area contributed by atoms with Crippen molar-refractivity contribution in [3.63, 3.8) is 0 Å². The molecule has 0 radical (unpaired) electrons. The van der Waals surface area contributed by atoms with Crippen molar-refractivity contribution in [2.75, 3.05) is 26.4 Å². The highest BCUT2D eigenvalue weighted by Gasteiger charge is 2.60. The van der Waals surface area contributed by atoms with Gasteiger partial charge in [-0.1, -0.05) is 225 Å². The fraction of sp³-hybridized carbons (Fsp3) is 0.924. The summed E-state index contributed by atoms with van der Waals surface area (Å²) in [5.74, 6) is -6.14. The largest absolute Gasteiger partial charge is 0.477 e. The Hall–Kier alpha value is -2.53. The number of unbranched alkanes of at least 4 members (excludes halogenated alkanes) is 32. The second kappa shape index (κ2) is 47.4. The Balaban J connectivity index is 1.53. The van der Waals surface area contributed by atoms with E-state index in [0.717, 1.165) is 51.9 Å². The molecule has 23 nitrogen and oxygen atoms in total. The van der Waals surface area contributed by atoms with Gasteiger partial charge in [0.1, 0.15) is 67.1 Å².